The molecule has 7 heteroatoms. The highest BCUT2D eigenvalue weighted by molar-refractivity contribution is 6.07. The number of aryl methyl sites for hydroxylation is 2. The molecule has 1 aliphatic rings. The summed E-state index contributed by atoms with van der Waals surface area (Å²) in [5, 5.41) is 12.6. The predicted molar refractivity (Wildman–Crippen MR) is 128 cm³/mol. The molecule has 0 fully saturated rings. The highest BCUT2D eigenvalue weighted by Gasteiger charge is 2.21. The van der Waals surface area contributed by atoms with Crippen molar-refractivity contribution < 1.29 is 4.79 Å². The maximum absolute atomic E-state index is 12.6. The van der Waals surface area contributed by atoms with Gasteiger partial charge in [0, 0.05) is 28.1 Å². The number of amides is 1. The van der Waals surface area contributed by atoms with E-state index in [1.165, 1.54) is 29.4 Å². The number of hydrogen-bond donors (Lipinski definition) is 3. The van der Waals surface area contributed by atoms with Gasteiger partial charge in [-0.15, -0.1) is 0 Å². The van der Waals surface area contributed by atoms with Crippen LogP contribution in [0.5, 0.6) is 0 Å². The van der Waals surface area contributed by atoms with E-state index >= 15 is 0 Å². The van der Waals surface area contributed by atoms with Crippen LogP contribution in [0.3, 0.4) is 0 Å². The van der Waals surface area contributed by atoms with Gasteiger partial charge in [0.15, 0.2) is 0 Å². The smallest absolute Gasteiger partial charge is 0.251 e. The largest absolute Gasteiger partial charge is 0.347 e. The van der Waals surface area contributed by atoms with Gasteiger partial charge in [0.05, 0.1) is 35.2 Å². The van der Waals surface area contributed by atoms with Crippen LogP contribution in [0.4, 0.5) is 0 Å². The number of aromatic nitrogens is 5. The van der Waals surface area contributed by atoms with Crippen molar-refractivity contribution in [3.63, 3.8) is 0 Å². The zero-order chi connectivity index (χ0) is 22.4. The third-order valence-electron chi connectivity index (χ3n) is 6.49. The van der Waals surface area contributed by atoms with E-state index in [9.17, 15) is 4.79 Å². The zero-order valence-corrected chi connectivity index (χ0v) is 18.4. The van der Waals surface area contributed by atoms with Crippen LogP contribution in [0.15, 0.2) is 48.8 Å². The molecule has 164 valence electrons. The summed E-state index contributed by atoms with van der Waals surface area (Å²) in [5.74, 6) is 0.627. The molecule has 0 saturated heterocycles. The van der Waals surface area contributed by atoms with Gasteiger partial charge in [-0.05, 0) is 68.0 Å². The van der Waals surface area contributed by atoms with Crippen LogP contribution in [0.25, 0.3) is 33.1 Å². The third-order valence-corrected chi connectivity index (χ3v) is 6.49. The first kappa shape index (κ1) is 19.7. The van der Waals surface area contributed by atoms with Crippen molar-refractivity contribution >= 4 is 27.7 Å². The Hall–Kier alpha value is -4.00. The summed E-state index contributed by atoms with van der Waals surface area (Å²) in [4.78, 5) is 25.1. The number of rotatable bonds is 4. The monoisotopic (exact) mass is 436 g/mol. The van der Waals surface area contributed by atoms with E-state index in [1.807, 2.05) is 49.6 Å². The first-order chi connectivity index (χ1) is 16.2. The van der Waals surface area contributed by atoms with E-state index in [-0.39, 0.29) is 5.91 Å². The fraction of sp³-hybridized carbons (Fsp3) is 0.231. The SMILES string of the molecule is Cc1c[nH]c(CNC(=O)c2ccc(-c3nc4ccc5[nH]ncc5c4c4c3CCCC4)cc2)n1. The van der Waals surface area contributed by atoms with E-state index in [0.29, 0.717) is 12.1 Å². The normalized spacial score (nSPS) is 13.4. The molecule has 0 atom stereocenters. The molecule has 3 N–H and O–H groups in total. The number of carbonyl (C=O) groups excluding carboxylic acids is 1. The second-order valence-electron chi connectivity index (χ2n) is 8.66. The van der Waals surface area contributed by atoms with Gasteiger partial charge >= 0.3 is 0 Å². The lowest BCUT2D eigenvalue weighted by Gasteiger charge is -2.22. The number of pyridine rings is 1. The Morgan fingerprint density at radius 2 is 1.85 bits per heavy atom. The molecule has 0 saturated carbocycles. The van der Waals surface area contributed by atoms with Crippen LogP contribution >= 0.6 is 0 Å². The van der Waals surface area contributed by atoms with Crippen LogP contribution in [0, 0.1) is 6.92 Å². The molecule has 1 amide bonds. The van der Waals surface area contributed by atoms with Crippen molar-refractivity contribution in [3.05, 3.63) is 77.0 Å². The Bertz CT molecular complexity index is 1500. The van der Waals surface area contributed by atoms with Gasteiger partial charge in [-0.25, -0.2) is 9.97 Å². The van der Waals surface area contributed by atoms with Gasteiger partial charge < -0.3 is 10.3 Å². The van der Waals surface area contributed by atoms with E-state index in [2.05, 4.69) is 31.5 Å². The van der Waals surface area contributed by atoms with Crippen molar-refractivity contribution in [2.45, 2.75) is 39.2 Å². The lowest BCUT2D eigenvalue weighted by Crippen LogP contribution is -2.23. The number of H-pyrrole nitrogens is 2. The molecule has 0 unspecified atom stereocenters. The van der Waals surface area contributed by atoms with Crippen molar-refractivity contribution in [1.29, 1.82) is 0 Å². The molecule has 1 aliphatic carbocycles. The summed E-state index contributed by atoms with van der Waals surface area (Å²) in [5.41, 5.74) is 8.36. The minimum absolute atomic E-state index is 0.119. The van der Waals surface area contributed by atoms with Crippen molar-refractivity contribution in [1.82, 2.24) is 30.5 Å². The molecule has 0 aliphatic heterocycles. The highest BCUT2D eigenvalue weighted by Crippen LogP contribution is 2.37. The quantitative estimate of drug-likeness (QED) is 0.383. The average molecular weight is 437 g/mol. The third kappa shape index (κ3) is 3.46. The first-order valence-electron chi connectivity index (χ1n) is 11.3. The molecule has 3 aromatic heterocycles. The van der Waals surface area contributed by atoms with E-state index in [4.69, 9.17) is 4.98 Å². The summed E-state index contributed by atoms with van der Waals surface area (Å²) in [6.07, 6.45) is 8.16. The van der Waals surface area contributed by atoms with Crippen molar-refractivity contribution in [2.75, 3.05) is 0 Å². The molecule has 0 spiro atoms. The number of fused-ring (bicyclic) bond motifs is 5. The summed E-state index contributed by atoms with van der Waals surface area (Å²) in [6.45, 7) is 2.29. The van der Waals surface area contributed by atoms with Crippen LogP contribution in [0.2, 0.25) is 0 Å². The van der Waals surface area contributed by atoms with Gasteiger partial charge in [0.2, 0.25) is 0 Å². The fourth-order valence-corrected chi connectivity index (χ4v) is 4.89. The van der Waals surface area contributed by atoms with Crippen molar-refractivity contribution in [3.8, 4) is 11.3 Å². The number of nitrogens with zero attached hydrogens (tertiary/aromatic N) is 3. The highest BCUT2D eigenvalue weighted by atomic mass is 16.1. The van der Waals surface area contributed by atoms with Crippen LogP contribution < -0.4 is 5.32 Å². The predicted octanol–water partition coefficient (Wildman–Crippen LogP) is 4.62. The maximum atomic E-state index is 12.6. The molecule has 2 aromatic carbocycles. The lowest BCUT2D eigenvalue weighted by atomic mass is 9.85. The minimum atomic E-state index is -0.119. The maximum Gasteiger partial charge on any atom is 0.251 e. The second-order valence-corrected chi connectivity index (χ2v) is 8.66. The van der Waals surface area contributed by atoms with Crippen LogP contribution in [-0.2, 0) is 19.4 Å². The molecule has 0 radical (unpaired) electrons. The average Bonchev–Trinajstić information content (AvgIpc) is 3.50. The number of imidazole rings is 1. The minimum Gasteiger partial charge on any atom is -0.347 e. The van der Waals surface area contributed by atoms with Gasteiger partial charge in [0.25, 0.3) is 5.91 Å². The standard InChI is InChI=1S/C26H24N6O/c1-15-12-27-23(30-15)14-28-26(33)17-8-6-16(7-9-17)25-19-5-3-2-4-18(19)24-20-13-29-32-21(20)10-11-22(24)31-25/h6-13H,2-5,14H2,1H3,(H,27,30)(H,28,33)(H,29,32). The fourth-order valence-electron chi connectivity index (χ4n) is 4.89. The van der Waals surface area contributed by atoms with E-state index in [1.54, 1.807) is 0 Å². The van der Waals surface area contributed by atoms with Crippen LogP contribution in [0.1, 0.15) is 45.8 Å². The van der Waals surface area contributed by atoms with Gasteiger partial charge in [0.1, 0.15) is 5.82 Å². The number of carbonyl (C=O) groups is 1. The molecule has 6 rings (SSSR count). The van der Waals surface area contributed by atoms with Gasteiger partial charge in [-0.3, -0.25) is 9.89 Å². The molecule has 0 bridgehead atoms. The number of nitrogens with one attached hydrogen (secondary N) is 3. The molecule has 5 aromatic rings. The number of hydrogen-bond acceptors (Lipinski definition) is 4. The molecule has 33 heavy (non-hydrogen) atoms. The zero-order valence-electron chi connectivity index (χ0n) is 18.4. The Balaban J connectivity index is 1.35. The molecular weight excluding hydrogens is 412 g/mol. The topological polar surface area (TPSA) is 99.3 Å². The summed E-state index contributed by atoms with van der Waals surface area (Å²) < 4.78 is 0. The van der Waals surface area contributed by atoms with Crippen molar-refractivity contribution in [2.24, 2.45) is 0 Å². The number of benzene rings is 2. The molecule has 7 nitrogen and oxygen atoms in total. The Morgan fingerprint density at radius 3 is 2.64 bits per heavy atom. The van der Waals surface area contributed by atoms with Crippen LogP contribution in [-0.4, -0.2) is 31.1 Å². The Kier molecular flexibility index (Phi) is 4.68. The Morgan fingerprint density at radius 1 is 1.03 bits per heavy atom. The lowest BCUT2D eigenvalue weighted by molar-refractivity contribution is 0.0950. The Labute approximate surface area is 190 Å². The van der Waals surface area contributed by atoms with Gasteiger partial charge in [-0.1, -0.05) is 12.1 Å². The summed E-state index contributed by atoms with van der Waals surface area (Å²) >= 11 is 0. The van der Waals surface area contributed by atoms with E-state index < -0.39 is 0 Å². The van der Waals surface area contributed by atoms with Gasteiger partial charge in [-0.2, -0.15) is 5.10 Å². The van der Waals surface area contributed by atoms with E-state index in [0.717, 1.165) is 52.0 Å². The molecule has 3 heterocycles. The second kappa shape index (κ2) is 7.85. The summed E-state index contributed by atoms with van der Waals surface area (Å²) in [7, 11) is 0. The number of aromatic amines is 2. The first-order valence-corrected chi connectivity index (χ1v) is 11.3. The summed E-state index contributed by atoms with van der Waals surface area (Å²) in [6, 6.07) is 11.9. The molecular formula is C26H24N6O.